The van der Waals surface area contributed by atoms with Crippen molar-refractivity contribution in [3.63, 3.8) is 0 Å². The third-order valence-electron chi connectivity index (χ3n) is 4.14. The molecule has 5 nitrogen and oxygen atoms in total. The second kappa shape index (κ2) is 7.79. The molecule has 0 bridgehead atoms. The molecular formula is C20H21ClN2O3. The van der Waals surface area contributed by atoms with Crippen molar-refractivity contribution in [3.8, 4) is 5.75 Å². The SMILES string of the molecule is CC(C)Oc1ccccc1NC(=O)C1CC(=O)N(c2ccc(Cl)cc2)C1. The number of benzene rings is 2. The molecule has 136 valence electrons. The van der Waals surface area contributed by atoms with Crippen LogP contribution in [0, 0.1) is 5.92 Å². The van der Waals surface area contributed by atoms with Gasteiger partial charge in [0.1, 0.15) is 5.75 Å². The highest BCUT2D eigenvalue weighted by molar-refractivity contribution is 6.30. The number of anilines is 2. The van der Waals surface area contributed by atoms with Gasteiger partial charge >= 0.3 is 0 Å². The average Bonchev–Trinajstić information content (AvgIpc) is 2.99. The van der Waals surface area contributed by atoms with Crippen LogP contribution in [-0.2, 0) is 9.59 Å². The molecule has 26 heavy (non-hydrogen) atoms. The highest BCUT2D eigenvalue weighted by atomic mass is 35.5. The molecule has 1 fully saturated rings. The first-order valence-corrected chi connectivity index (χ1v) is 8.94. The Morgan fingerprint density at radius 2 is 1.88 bits per heavy atom. The number of hydrogen-bond acceptors (Lipinski definition) is 3. The van der Waals surface area contributed by atoms with Gasteiger partial charge in [-0.2, -0.15) is 0 Å². The number of amides is 2. The monoisotopic (exact) mass is 372 g/mol. The maximum atomic E-state index is 12.7. The van der Waals surface area contributed by atoms with E-state index in [1.54, 1.807) is 35.2 Å². The van der Waals surface area contributed by atoms with Crippen molar-refractivity contribution in [1.82, 2.24) is 0 Å². The molecule has 2 aromatic carbocycles. The zero-order valence-electron chi connectivity index (χ0n) is 14.7. The minimum absolute atomic E-state index is 0.00139. The van der Waals surface area contributed by atoms with Crippen LogP contribution in [0.5, 0.6) is 5.75 Å². The summed E-state index contributed by atoms with van der Waals surface area (Å²) in [6.07, 6.45) is 0.184. The molecule has 1 aliphatic rings. The predicted octanol–water partition coefficient (Wildman–Crippen LogP) is 4.12. The van der Waals surface area contributed by atoms with Gasteiger partial charge in [0.2, 0.25) is 11.8 Å². The van der Waals surface area contributed by atoms with Gasteiger partial charge in [-0.15, -0.1) is 0 Å². The summed E-state index contributed by atoms with van der Waals surface area (Å²) in [5.74, 6) is -0.0474. The first kappa shape index (κ1) is 18.3. The third-order valence-corrected chi connectivity index (χ3v) is 4.39. The summed E-state index contributed by atoms with van der Waals surface area (Å²) in [6, 6.07) is 14.3. The molecule has 1 atom stereocenters. The highest BCUT2D eigenvalue weighted by Gasteiger charge is 2.35. The van der Waals surface area contributed by atoms with Crippen LogP contribution < -0.4 is 15.0 Å². The number of nitrogens with one attached hydrogen (secondary N) is 1. The molecule has 0 aliphatic carbocycles. The van der Waals surface area contributed by atoms with Gasteiger partial charge in [-0.25, -0.2) is 0 Å². The van der Waals surface area contributed by atoms with Gasteiger partial charge in [-0.1, -0.05) is 23.7 Å². The lowest BCUT2D eigenvalue weighted by Gasteiger charge is -2.18. The minimum atomic E-state index is -0.412. The molecule has 6 heteroatoms. The summed E-state index contributed by atoms with van der Waals surface area (Å²) in [5.41, 5.74) is 1.36. The van der Waals surface area contributed by atoms with E-state index in [2.05, 4.69) is 5.32 Å². The molecule has 1 heterocycles. The zero-order valence-corrected chi connectivity index (χ0v) is 15.5. The first-order valence-electron chi connectivity index (χ1n) is 8.56. The highest BCUT2D eigenvalue weighted by Crippen LogP contribution is 2.29. The van der Waals surface area contributed by atoms with Crippen LogP contribution >= 0.6 is 11.6 Å². The average molecular weight is 373 g/mol. The van der Waals surface area contributed by atoms with Crippen LogP contribution in [0.25, 0.3) is 0 Å². The smallest absolute Gasteiger partial charge is 0.229 e. The quantitative estimate of drug-likeness (QED) is 0.858. The fraction of sp³-hybridized carbons (Fsp3) is 0.300. The lowest BCUT2D eigenvalue weighted by atomic mass is 10.1. The summed E-state index contributed by atoms with van der Waals surface area (Å²) in [4.78, 5) is 26.6. The maximum Gasteiger partial charge on any atom is 0.229 e. The molecule has 1 N–H and O–H groups in total. The second-order valence-electron chi connectivity index (χ2n) is 6.53. The van der Waals surface area contributed by atoms with Gasteiger partial charge in [0.25, 0.3) is 0 Å². The predicted molar refractivity (Wildman–Crippen MR) is 103 cm³/mol. The van der Waals surface area contributed by atoms with E-state index in [9.17, 15) is 9.59 Å². The Kier molecular flexibility index (Phi) is 5.47. The first-order chi connectivity index (χ1) is 12.4. The Balaban J connectivity index is 1.70. The van der Waals surface area contributed by atoms with Crippen LogP contribution in [0.2, 0.25) is 5.02 Å². The second-order valence-corrected chi connectivity index (χ2v) is 6.97. The summed E-state index contributed by atoms with van der Waals surface area (Å²) in [6.45, 7) is 4.20. The number of rotatable bonds is 5. The van der Waals surface area contributed by atoms with Gasteiger partial charge in [-0.05, 0) is 50.2 Å². The van der Waals surface area contributed by atoms with Crippen LogP contribution in [0.3, 0.4) is 0 Å². The molecule has 1 unspecified atom stereocenters. The van der Waals surface area contributed by atoms with Gasteiger partial charge < -0.3 is 15.0 Å². The van der Waals surface area contributed by atoms with Crippen molar-refractivity contribution < 1.29 is 14.3 Å². The summed E-state index contributed by atoms with van der Waals surface area (Å²) < 4.78 is 5.73. The number of ether oxygens (including phenoxy) is 1. The lowest BCUT2D eigenvalue weighted by molar-refractivity contribution is -0.122. The van der Waals surface area contributed by atoms with Crippen LogP contribution in [0.4, 0.5) is 11.4 Å². The summed E-state index contributed by atoms with van der Waals surface area (Å²) >= 11 is 5.90. The van der Waals surface area contributed by atoms with Crippen molar-refractivity contribution in [2.24, 2.45) is 5.92 Å². The number of hydrogen-bond donors (Lipinski definition) is 1. The lowest BCUT2D eigenvalue weighted by Crippen LogP contribution is -2.28. The molecule has 1 aliphatic heterocycles. The van der Waals surface area contributed by atoms with Crippen molar-refractivity contribution in [1.29, 1.82) is 0 Å². The van der Waals surface area contributed by atoms with E-state index in [1.165, 1.54) is 0 Å². The van der Waals surface area contributed by atoms with Crippen LogP contribution in [-0.4, -0.2) is 24.5 Å². The van der Waals surface area contributed by atoms with Crippen molar-refractivity contribution in [3.05, 3.63) is 53.6 Å². The zero-order chi connectivity index (χ0) is 18.7. The Hall–Kier alpha value is -2.53. The van der Waals surface area contributed by atoms with E-state index in [-0.39, 0.29) is 24.3 Å². The largest absolute Gasteiger partial charge is 0.489 e. The van der Waals surface area contributed by atoms with E-state index < -0.39 is 5.92 Å². The molecule has 1 saturated heterocycles. The molecular weight excluding hydrogens is 352 g/mol. The number of carbonyl (C=O) groups is 2. The fourth-order valence-corrected chi connectivity index (χ4v) is 3.04. The van der Waals surface area contributed by atoms with Crippen LogP contribution in [0.15, 0.2) is 48.5 Å². The fourth-order valence-electron chi connectivity index (χ4n) is 2.92. The van der Waals surface area contributed by atoms with Crippen LogP contribution in [0.1, 0.15) is 20.3 Å². The molecule has 2 amide bonds. The molecule has 0 radical (unpaired) electrons. The van der Waals surface area contributed by atoms with Crippen molar-refractivity contribution >= 4 is 34.8 Å². The van der Waals surface area contributed by atoms with Gasteiger partial charge in [0.15, 0.2) is 0 Å². The van der Waals surface area contributed by atoms with E-state index in [0.717, 1.165) is 5.69 Å². The Morgan fingerprint density at radius 1 is 1.19 bits per heavy atom. The van der Waals surface area contributed by atoms with Crippen molar-refractivity contribution in [2.75, 3.05) is 16.8 Å². The molecule has 2 aromatic rings. The summed E-state index contributed by atoms with van der Waals surface area (Å²) in [5, 5.41) is 3.50. The van der Waals surface area contributed by atoms with Crippen molar-refractivity contribution in [2.45, 2.75) is 26.4 Å². The Morgan fingerprint density at radius 3 is 2.58 bits per heavy atom. The molecule has 0 aromatic heterocycles. The van der Waals surface area contributed by atoms with Gasteiger partial charge in [-0.3, -0.25) is 9.59 Å². The number of para-hydroxylation sites is 2. The standard InChI is InChI=1S/C20H21ClN2O3/c1-13(2)26-18-6-4-3-5-17(18)22-20(25)14-11-19(24)23(12-14)16-9-7-15(21)8-10-16/h3-10,13-14H,11-12H2,1-2H3,(H,22,25). The molecule has 3 rings (SSSR count). The van der Waals surface area contributed by atoms with E-state index in [4.69, 9.17) is 16.3 Å². The molecule has 0 spiro atoms. The van der Waals surface area contributed by atoms with Gasteiger partial charge in [0, 0.05) is 23.7 Å². The van der Waals surface area contributed by atoms with Gasteiger partial charge in [0.05, 0.1) is 17.7 Å². The Labute approximate surface area is 157 Å². The number of nitrogens with zero attached hydrogens (tertiary/aromatic N) is 1. The summed E-state index contributed by atoms with van der Waals surface area (Å²) in [7, 11) is 0. The number of carbonyl (C=O) groups excluding carboxylic acids is 2. The number of halogens is 1. The minimum Gasteiger partial charge on any atom is -0.489 e. The molecule has 0 saturated carbocycles. The van der Waals surface area contributed by atoms with E-state index in [0.29, 0.717) is 23.0 Å². The maximum absolute atomic E-state index is 12.7. The normalized spacial score (nSPS) is 16.8. The third kappa shape index (κ3) is 4.17. The van der Waals surface area contributed by atoms with E-state index >= 15 is 0 Å². The Bertz CT molecular complexity index is 805. The topological polar surface area (TPSA) is 58.6 Å². The van der Waals surface area contributed by atoms with E-state index in [1.807, 2.05) is 32.0 Å².